The predicted molar refractivity (Wildman–Crippen MR) is 533 cm³/mol. The number of aliphatic imine (C=N–C) groups is 1. The molecule has 0 bridgehead atoms. The summed E-state index contributed by atoms with van der Waals surface area (Å²) in [4.78, 5) is 166. The van der Waals surface area contributed by atoms with E-state index in [0.29, 0.717) is 200 Å². The summed E-state index contributed by atoms with van der Waals surface area (Å²) in [6.45, 7) is 16.0. The summed E-state index contributed by atoms with van der Waals surface area (Å²) in [7, 11) is 0. The number of amides is 6. The van der Waals surface area contributed by atoms with Crippen molar-refractivity contribution < 1.29 is 109 Å². The Hall–Kier alpha value is -13.7. The number of ketones is 5. The van der Waals surface area contributed by atoms with Crippen LogP contribution in [0, 0.1) is 29.2 Å². The number of anilines is 6. The van der Waals surface area contributed by atoms with Gasteiger partial charge in [-0.05, 0) is 219 Å². The smallest absolute Gasteiger partial charge is 0.317 e. The van der Waals surface area contributed by atoms with E-state index in [-0.39, 0.29) is 121 Å². The standard InChI is InChI=1S/C52H57F2N9O9.C35H37F2N3O4.C21H26N2O6/c53-34-24-33(25-35(54)27-34)23-32-1-7-44-43(26-32)49(60-59-44)58-50(67)41-6-3-38(29-45(41)57-36-9-17-70-18-10-36)62-15-13-61(14-16-62)31-48(66)56-12-20-72-22-21-71-19-11-55-37-2-5-40-42(28-37)52(69)63(51(40)68)46-8-4-39(64)30-47(46)65;36-28-15-25(16-29(37)19-28)13-24-1-2-26-21-38-33(32(26)17-24)20-34(41)31-4-3-30(18-27(31)14-23-5-11-44-12-6-23)40-9-7-39(8-10-40)22-35(42)43;1-2-8-28-10-11-29-9-7-22-14-3-5-16-17(12-14)21(27)23(20(16)26)18-6-4-15(24)13-19(18)25/h1-3,5-7,24-29,36,46,55,57H,4,8-23,30-31H2,(H,56,66)(H2,58,59,60,67);1-4,15-19,23H,5-14,20-22H2,(H,42,43);3,5,12,18,22H,2,4,6-11,13H2,1H3. The number of nitrogens with zero attached hydrogens (tertiary/aromatic N) is 8. The van der Waals surface area contributed by atoms with Gasteiger partial charge in [-0.2, -0.15) is 5.10 Å². The van der Waals surface area contributed by atoms with Crippen molar-refractivity contribution in [3.63, 3.8) is 0 Å². The van der Waals surface area contributed by atoms with E-state index in [1.165, 1.54) is 24.3 Å². The van der Waals surface area contributed by atoms with Gasteiger partial charge >= 0.3 is 5.97 Å². The number of carboxylic acids is 1. The molecule has 4 saturated heterocycles. The molecule has 8 aromatic carbocycles. The van der Waals surface area contributed by atoms with Crippen LogP contribution in [0.15, 0.2) is 151 Å². The molecule has 764 valence electrons. The average molecular weight is 1990 g/mol. The second-order valence-corrected chi connectivity index (χ2v) is 37.6. The molecule has 2 atom stereocenters. The molecule has 6 amide bonds. The fraction of sp³-hybridized carbons (Fsp3) is 0.426. The summed E-state index contributed by atoms with van der Waals surface area (Å²) in [5, 5.41) is 33.0. The number of aromatic nitrogens is 2. The van der Waals surface area contributed by atoms with Gasteiger partial charge in [-0.25, -0.2) is 17.6 Å². The summed E-state index contributed by atoms with van der Waals surface area (Å²) in [5.74, 6) is -6.04. The summed E-state index contributed by atoms with van der Waals surface area (Å²) in [6, 6.07) is 38.5. The monoisotopic (exact) mass is 1990 g/mol. The molecule has 2 unspecified atom stereocenters. The van der Waals surface area contributed by atoms with Crippen LogP contribution < -0.4 is 36.4 Å². The molecule has 145 heavy (non-hydrogen) atoms. The van der Waals surface area contributed by atoms with Crippen LogP contribution in [0.3, 0.4) is 0 Å². The van der Waals surface area contributed by atoms with Gasteiger partial charge in [0.1, 0.15) is 34.8 Å². The minimum Gasteiger partial charge on any atom is -0.480 e. The van der Waals surface area contributed by atoms with Crippen molar-refractivity contribution in [3.8, 4) is 0 Å². The van der Waals surface area contributed by atoms with Crippen LogP contribution in [0.4, 0.5) is 51.8 Å². The van der Waals surface area contributed by atoms with Crippen molar-refractivity contribution in [1.82, 2.24) is 35.1 Å². The molecular weight excluding hydrogens is 1870 g/mol. The first-order valence-electron chi connectivity index (χ1n) is 49.7. The molecule has 7 aliphatic heterocycles. The molecule has 9 aromatic rings. The highest BCUT2D eigenvalue weighted by Crippen LogP contribution is 2.37. The molecule has 8 heterocycles. The lowest BCUT2D eigenvalue weighted by Crippen LogP contribution is -2.49. The first-order chi connectivity index (χ1) is 70.3. The van der Waals surface area contributed by atoms with Gasteiger partial charge in [0, 0.05) is 181 Å². The van der Waals surface area contributed by atoms with Gasteiger partial charge in [-0.1, -0.05) is 25.1 Å². The third kappa shape index (κ3) is 27.5. The normalized spacial score (nSPS) is 17.9. The molecule has 1 aromatic heterocycles. The zero-order valence-corrected chi connectivity index (χ0v) is 81.0. The van der Waals surface area contributed by atoms with Gasteiger partial charge in [-0.15, -0.1) is 0 Å². The molecule has 2 saturated carbocycles. The number of hydrogen-bond donors (Lipinski definition) is 7. The molecule has 37 heteroatoms. The Labute approximate surface area is 836 Å². The number of nitrogens with one attached hydrogen (secondary N) is 6. The summed E-state index contributed by atoms with van der Waals surface area (Å²) in [5.41, 5.74) is 13.4. The van der Waals surface area contributed by atoms with E-state index in [2.05, 4.69) is 57.5 Å². The highest BCUT2D eigenvalue weighted by atomic mass is 19.1. The quantitative estimate of drug-likeness (QED) is 0.00616. The van der Waals surface area contributed by atoms with Crippen LogP contribution >= 0.6 is 0 Å². The minimum absolute atomic E-state index is 0.0223. The molecule has 0 spiro atoms. The number of benzene rings is 8. The zero-order chi connectivity index (χ0) is 102. The van der Waals surface area contributed by atoms with Crippen molar-refractivity contribution >= 4 is 121 Å². The molecular formula is C108H120F4N14O19. The number of halogens is 4. The van der Waals surface area contributed by atoms with Gasteiger partial charge in [0.25, 0.3) is 29.5 Å². The number of imide groups is 2. The number of fused-ring (bicyclic) bond motifs is 4. The maximum absolute atomic E-state index is 14.0. The topological polar surface area (TPSA) is 401 Å². The van der Waals surface area contributed by atoms with Crippen molar-refractivity contribution in [3.05, 3.63) is 241 Å². The number of carboxylic acid groups (broad SMARTS) is 1. The molecule has 9 aliphatic rings. The number of rotatable bonds is 40. The fourth-order valence-electron chi connectivity index (χ4n) is 19.7. The third-order valence-electron chi connectivity index (χ3n) is 27.2. The van der Waals surface area contributed by atoms with E-state index in [0.717, 1.165) is 138 Å². The molecule has 7 N–H and O–H groups in total. The van der Waals surface area contributed by atoms with Gasteiger partial charge in [0.15, 0.2) is 23.2 Å². The minimum atomic E-state index is -0.911. The second-order valence-electron chi connectivity index (χ2n) is 37.6. The van der Waals surface area contributed by atoms with Crippen LogP contribution in [-0.4, -0.2) is 293 Å². The summed E-state index contributed by atoms with van der Waals surface area (Å²) < 4.78 is 88.6. The largest absolute Gasteiger partial charge is 0.480 e. The van der Waals surface area contributed by atoms with E-state index in [1.807, 2.05) is 78.6 Å². The lowest BCUT2D eigenvalue weighted by atomic mass is 9.87. The number of carbonyl (C=O) groups excluding carboxylic acids is 11. The summed E-state index contributed by atoms with van der Waals surface area (Å²) in [6.07, 6.45) is 6.40. The molecule has 33 nitrogen and oxygen atoms in total. The first kappa shape index (κ1) is 104. The lowest BCUT2D eigenvalue weighted by molar-refractivity contribution is -0.138. The van der Waals surface area contributed by atoms with Crippen LogP contribution in [-0.2, 0) is 83.0 Å². The number of aliphatic carboxylic acids is 1. The Balaban J connectivity index is 0.000000174. The Morgan fingerprint density at radius 3 is 1.54 bits per heavy atom. The highest BCUT2D eigenvalue weighted by molar-refractivity contribution is 6.25. The Kier molecular flexibility index (Phi) is 35.8. The SMILES string of the molecule is CCCOCCOCCNc1ccc2c(c1)C(=O)N(C1CCC(=O)CC1=O)C2=O.O=C(O)CN1CCN(c2ccc(C(=O)CC3=NCc4ccc(Cc5cc(F)cc(F)c5)cc43)c(CC3CCOCC3)c2)CC1.O=C1CCC(N2C(=O)c3ccc(NCCOCCOCCNC(=O)CN4CCN(c5ccc(C(=O)Nc6n[nH]c7ccc(Cc8cc(F)cc(F)c8)cc67)c(NC6CCOCC6)c5)CC4)cc3C2=O)C(=O)C1. The second kappa shape index (κ2) is 49.8. The number of carbonyl (C=O) groups is 12. The Bertz CT molecular complexity index is 6290. The molecule has 0 radical (unpaired) electrons. The zero-order valence-electron chi connectivity index (χ0n) is 81.0. The number of Topliss-reactive ketones (excluding diaryl/α,β-unsaturated/α-hetero) is 5. The maximum Gasteiger partial charge on any atom is 0.317 e. The lowest BCUT2D eigenvalue weighted by Gasteiger charge is -2.36. The average Bonchev–Trinajstić information content (AvgIpc) is 1.61. The van der Waals surface area contributed by atoms with E-state index in [9.17, 15) is 75.1 Å². The van der Waals surface area contributed by atoms with Crippen molar-refractivity contribution in [2.75, 3.05) is 195 Å². The van der Waals surface area contributed by atoms with Crippen LogP contribution in [0.5, 0.6) is 0 Å². The van der Waals surface area contributed by atoms with Gasteiger partial charge in [0.2, 0.25) is 5.91 Å². The number of piperazine rings is 2. The predicted octanol–water partition coefficient (Wildman–Crippen LogP) is 12.1. The van der Waals surface area contributed by atoms with Gasteiger partial charge in [-0.3, -0.25) is 87.2 Å². The molecule has 6 fully saturated rings. The Morgan fingerprint density at radius 1 is 0.490 bits per heavy atom. The number of H-pyrrole nitrogens is 1. The first-order valence-corrected chi connectivity index (χ1v) is 49.7. The van der Waals surface area contributed by atoms with Crippen molar-refractivity contribution in [2.45, 2.75) is 128 Å². The molecule has 2 aliphatic carbocycles. The van der Waals surface area contributed by atoms with E-state index < -0.39 is 70.7 Å². The van der Waals surface area contributed by atoms with Crippen LogP contribution in [0.1, 0.15) is 185 Å². The maximum atomic E-state index is 14.0. The van der Waals surface area contributed by atoms with E-state index >= 15 is 0 Å². The fourth-order valence-corrected chi connectivity index (χ4v) is 19.7. The van der Waals surface area contributed by atoms with Crippen molar-refractivity contribution in [2.24, 2.45) is 10.9 Å². The number of hydrogen-bond acceptors (Lipinski definition) is 27. The van der Waals surface area contributed by atoms with Gasteiger partial charge < -0.3 is 69.9 Å². The van der Waals surface area contributed by atoms with Crippen molar-refractivity contribution in [1.29, 1.82) is 0 Å². The number of aromatic amines is 1. The van der Waals surface area contributed by atoms with Crippen LogP contribution in [0.25, 0.3) is 10.9 Å². The molecule has 18 rings (SSSR count). The summed E-state index contributed by atoms with van der Waals surface area (Å²) >= 11 is 0. The number of ether oxygens (including phenoxy) is 6. The van der Waals surface area contributed by atoms with E-state index in [1.54, 1.807) is 36.4 Å². The highest BCUT2D eigenvalue weighted by Gasteiger charge is 2.47. The van der Waals surface area contributed by atoms with Gasteiger partial charge in [0.05, 0.1) is 136 Å². The third-order valence-corrected chi connectivity index (χ3v) is 27.2. The van der Waals surface area contributed by atoms with E-state index in [4.69, 9.17) is 38.5 Å². The van der Waals surface area contributed by atoms with Crippen LogP contribution in [0.2, 0.25) is 0 Å². The Morgan fingerprint density at radius 2 is 0.993 bits per heavy atom.